The van der Waals surface area contributed by atoms with Crippen molar-refractivity contribution < 1.29 is 4.74 Å². The molecule has 1 unspecified atom stereocenters. The van der Waals surface area contributed by atoms with Gasteiger partial charge < -0.3 is 10.5 Å². The molecule has 102 valence electrons. The lowest BCUT2D eigenvalue weighted by atomic mass is 10.0. The summed E-state index contributed by atoms with van der Waals surface area (Å²) in [4.78, 5) is 0. The van der Waals surface area contributed by atoms with Crippen LogP contribution in [0.5, 0.6) is 5.75 Å². The van der Waals surface area contributed by atoms with Crippen molar-refractivity contribution in [1.82, 2.24) is 9.78 Å². The molecule has 19 heavy (non-hydrogen) atoms. The number of hydrogen-bond donors (Lipinski definition) is 1. The first-order chi connectivity index (χ1) is 9.15. The predicted molar refractivity (Wildman–Crippen MR) is 76.3 cm³/mol. The molecule has 1 heterocycles. The quantitative estimate of drug-likeness (QED) is 0.897. The second-order valence-electron chi connectivity index (χ2n) is 4.65. The number of hydrogen-bond acceptors (Lipinski definition) is 3. The lowest BCUT2D eigenvalue weighted by Crippen LogP contribution is -2.17. The predicted octanol–water partition coefficient (Wildman–Crippen LogP) is 2.46. The Morgan fingerprint density at radius 1 is 1.37 bits per heavy atom. The van der Waals surface area contributed by atoms with Gasteiger partial charge in [-0.1, -0.05) is 18.2 Å². The second-order valence-corrected chi connectivity index (χ2v) is 4.65. The smallest absolute Gasteiger partial charge is 0.123 e. The number of aryl methyl sites for hydroxylation is 2. The highest BCUT2D eigenvalue weighted by Gasteiger charge is 2.14. The fraction of sp³-hybridized carbons (Fsp3) is 0.400. The summed E-state index contributed by atoms with van der Waals surface area (Å²) in [6.45, 7) is 4.96. The molecule has 0 saturated carbocycles. The molecule has 1 aromatic heterocycles. The van der Waals surface area contributed by atoms with E-state index in [9.17, 15) is 0 Å². The van der Waals surface area contributed by atoms with E-state index in [1.165, 1.54) is 5.69 Å². The van der Waals surface area contributed by atoms with Gasteiger partial charge in [0.25, 0.3) is 0 Å². The summed E-state index contributed by atoms with van der Waals surface area (Å²) >= 11 is 0. The minimum absolute atomic E-state index is 0.0856. The molecule has 0 fully saturated rings. The molecule has 0 spiro atoms. The summed E-state index contributed by atoms with van der Waals surface area (Å²) in [7, 11) is 1.67. The highest BCUT2D eigenvalue weighted by molar-refractivity contribution is 5.36. The van der Waals surface area contributed by atoms with Crippen LogP contribution in [0.15, 0.2) is 30.3 Å². The minimum Gasteiger partial charge on any atom is -0.496 e. The van der Waals surface area contributed by atoms with Crippen LogP contribution in [0.3, 0.4) is 0 Å². The number of benzene rings is 1. The molecule has 0 aliphatic carbocycles. The maximum atomic E-state index is 6.32. The molecular weight excluding hydrogens is 238 g/mol. The molecule has 1 atom stereocenters. The Kier molecular flexibility index (Phi) is 4.22. The maximum absolute atomic E-state index is 6.32. The van der Waals surface area contributed by atoms with Gasteiger partial charge in [-0.15, -0.1) is 0 Å². The molecule has 0 aliphatic heterocycles. The molecule has 0 bridgehead atoms. The van der Waals surface area contributed by atoms with Crippen molar-refractivity contribution in [2.24, 2.45) is 5.73 Å². The zero-order chi connectivity index (χ0) is 13.8. The summed E-state index contributed by atoms with van der Waals surface area (Å²) in [5.74, 6) is 0.842. The summed E-state index contributed by atoms with van der Waals surface area (Å²) in [5, 5.41) is 4.45. The maximum Gasteiger partial charge on any atom is 0.123 e. The Hall–Kier alpha value is -1.81. The third-order valence-corrected chi connectivity index (χ3v) is 3.25. The Balaban J connectivity index is 2.22. The first kappa shape index (κ1) is 13.6. The van der Waals surface area contributed by atoms with Crippen molar-refractivity contribution in [2.45, 2.75) is 32.9 Å². The molecule has 0 radical (unpaired) electrons. The SMILES string of the molecule is CCn1nc(C)cc1CC(N)c1ccccc1OC. The zero-order valence-corrected chi connectivity index (χ0v) is 11.8. The zero-order valence-electron chi connectivity index (χ0n) is 11.8. The number of para-hydroxylation sites is 1. The van der Waals surface area contributed by atoms with E-state index in [4.69, 9.17) is 10.5 Å². The number of nitrogens with two attached hydrogens (primary N) is 1. The monoisotopic (exact) mass is 259 g/mol. The molecule has 1 aromatic carbocycles. The van der Waals surface area contributed by atoms with Gasteiger partial charge in [0.2, 0.25) is 0 Å². The van der Waals surface area contributed by atoms with E-state index in [1.807, 2.05) is 35.9 Å². The van der Waals surface area contributed by atoms with Gasteiger partial charge in [0.1, 0.15) is 5.75 Å². The molecule has 4 nitrogen and oxygen atoms in total. The fourth-order valence-corrected chi connectivity index (χ4v) is 2.35. The molecule has 0 saturated heterocycles. The van der Waals surface area contributed by atoms with Crippen LogP contribution in [-0.2, 0) is 13.0 Å². The van der Waals surface area contributed by atoms with E-state index in [1.54, 1.807) is 7.11 Å². The van der Waals surface area contributed by atoms with Crippen LogP contribution >= 0.6 is 0 Å². The van der Waals surface area contributed by atoms with Gasteiger partial charge in [-0.25, -0.2) is 0 Å². The number of rotatable bonds is 5. The van der Waals surface area contributed by atoms with E-state index in [0.717, 1.165) is 30.0 Å². The molecule has 0 aliphatic rings. The van der Waals surface area contributed by atoms with E-state index >= 15 is 0 Å². The summed E-state index contributed by atoms with van der Waals surface area (Å²) in [6, 6.07) is 9.91. The molecule has 2 N–H and O–H groups in total. The Morgan fingerprint density at radius 2 is 2.11 bits per heavy atom. The summed E-state index contributed by atoms with van der Waals surface area (Å²) in [5.41, 5.74) is 9.55. The summed E-state index contributed by atoms with van der Waals surface area (Å²) < 4.78 is 7.37. The largest absolute Gasteiger partial charge is 0.496 e. The van der Waals surface area contributed by atoms with Crippen LogP contribution in [0.4, 0.5) is 0 Å². The average molecular weight is 259 g/mol. The van der Waals surface area contributed by atoms with Crippen molar-refractivity contribution >= 4 is 0 Å². The van der Waals surface area contributed by atoms with Crippen LogP contribution in [0.2, 0.25) is 0 Å². The lowest BCUT2D eigenvalue weighted by Gasteiger charge is -2.16. The van der Waals surface area contributed by atoms with Crippen molar-refractivity contribution in [3.63, 3.8) is 0 Å². The minimum atomic E-state index is -0.0856. The van der Waals surface area contributed by atoms with E-state index in [2.05, 4.69) is 18.1 Å². The van der Waals surface area contributed by atoms with Crippen molar-refractivity contribution in [1.29, 1.82) is 0 Å². The first-order valence-corrected chi connectivity index (χ1v) is 6.57. The van der Waals surface area contributed by atoms with Gasteiger partial charge in [0, 0.05) is 30.3 Å². The van der Waals surface area contributed by atoms with Gasteiger partial charge in [-0.2, -0.15) is 5.10 Å². The molecule has 0 amide bonds. The Morgan fingerprint density at radius 3 is 2.79 bits per heavy atom. The van der Waals surface area contributed by atoms with Crippen LogP contribution in [0.25, 0.3) is 0 Å². The topological polar surface area (TPSA) is 53.1 Å². The third kappa shape index (κ3) is 2.96. The standard InChI is InChI=1S/C15H21N3O/c1-4-18-12(9-11(2)17-18)10-14(16)13-7-5-6-8-15(13)19-3/h5-9,14H,4,10,16H2,1-3H3. The number of aromatic nitrogens is 2. The van der Waals surface area contributed by atoms with Crippen LogP contribution in [0.1, 0.15) is 29.9 Å². The molecule has 2 rings (SSSR count). The van der Waals surface area contributed by atoms with Crippen molar-refractivity contribution in [3.8, 4) is 5.75 Å². The van der Waals surface area contributed by atoms with Gasteiger partial charge in [0.05, 0.1) is 12.8 Å². The highest BCUT2D eigenvalue weighted by atomic mass is 16.5. The molecule has 4 heteroatoms. The van der Waals surface area contributed by atoms with Gasteiger partial charge in [-0.05, 0) is 26.0 Å². The Labute approximate surface area is 114 Å². The van der Waals surface area contributed by atoms with Crippen LogP contribution in [-0.4, -0.2) is 16.9 Å². The van der Waals surface area contributed by atoms with Crippen molar-refractivity contribution in [3.05, 3.63) is 47.3 Å². The number of methoxy groups -OCH3 is 1. The molecular formula is C15H21N3O. The second kappa shape index (κ2) is 5.89. The summed E-state index contributed by atoms with van der Waals surface area (Å²) in [6.07, 6.45) is 0.759. The third-order valence-electron chi connectivity index (χ3n) is 3.25. The van der Waals surface area contributed by atoms with Crippen LogP contribution < -0.4 is 10.5 Å². The van der Waals surface area contributed by atoms with E-state index in [0.29, 0.717) is 0 Å². The van der Waals surface area contributed by atoms with E-state index in [-0.39, 0.29) is 6.04 Å². The van der Waals surface area contributed by atoms with Crippen LogP contribution in [0, 0.1) is 6.92 Å². The molecule has 2 aromatic rings. The average Bonchev–Trinajstić information content (AvgIpc) is 2.78. The lowest BCUT2D eigenvalue weighted by molar-refractivity contribution is 0.405. The van der Waals surface area contributed by atoms with Gasteiger partial charge in [-0.3, -0.25) is 4.68 Å². The van der Waals surface area contributed by atoms with Crippen molar-refractivity contribution in [2.75, 3.05) is 7.11 Å². The fourth-order valence-electron chi connectivity index (χ4n) is 2.35. The normalized spacial score (nSPS) is 12.4. The number of nitrogens with zero attached hydrogens (tertiary/aromatic N) is 2. The first-order valence-electron chi connectivity index (χ1n) is 6.57. The Bertz CT molecular complexity index is 548. The number of ether oxygens (including phenoxy) is 1. The van der Waals surface area contributed by atoms with Gasteiger partial charge >= 0.3 is 0 Å². The van der Waals surface area contributed by atoms with Gasteiger partial charge in [0.15, 0.2) is 0 Å². The van der Waals surface area contributed by atoms with E-state index < -0.39 is 0 Å². The highest BCUT2D eigenvalue weighted by Crippen LogP contribution is 2.25.